The summed E-state index contributed by atoms with van der Waals surface area (Å²) in [6.07, 6.45) is 13.6. The van der Waals surface area contributed by atoms with Gasteiger partial charge in [-0.15, -0.1) is 0 Å². The van der Waals surface area contributed by atoms with Crippen molar-refractivity contribution in [3.8, 4) is 0 Å². The van der Waals surface area contributed by atoms with Crippen LogP contribution in [0.15, 0.2) is 11.6 Å². The Morgan fingerprint density at radius 2 is 1.86 bits per heavy atom. The molecule has 35 heavy (non-hydrogen) atoms. The zero-order valence-electron chi connectivity index (χ0n) is 22.6. The van der Waals surface area contributed by atoms with Gasteiger partial charge in [0.2, 0.25) is 0 Å². The Balaban J connectivity index is 1.20. The third kappa shape index (κ3) is 4.37. The van der Waals surface area contributed by atoms with Crippen LogP contribution in [-0.2, 0) is 4.74 Å². The van der Waals surface area contributed by atoms with Crippen LogP contribution in [0.5, 0.6) is 0 Å². The van der Waals surface area contributed by atoms with Crippen molar-refractivity contribution in [2.75, 3.05) is 19.7 Å². The number of nitrogens with zero attached hydrogens (tertiary/aromatic N) is 1. The van der Waals surface area contributed by atoms with Crippen molar-refractivity contribution in [1.29, 1.82) is 0 Å². The summed E-state index contributed by atoms with van der Waals surface area (Å²) in [7, 11) is 0. The monoisotopic (exact) mass is 487 g/mol. The molecule has 0 bridgehead atoms. The van der Waals surface area contributed by atoms with Crippen LogP contribution >= 0.6 is 0 Å². The van der Waals surface area contributed by atoms with Crippen molar-refractivity contribution < 1.29 is 19.7 Å². The summed E-state index contributed by atoms with van der Waals surface area (Å²) in [6.45, 7) is 11.1. The van der Waals surface area contributed by atoms with E-state index in [2.05, 4.69) is 26.8 Å². The van der Waals surface area contributed by atoms with E-state index in [-0.39, 0.29) is 12.2 Å². The Morgan fingerprint density at radius 3 is 2.57 bits per heavy atom. The van der Waals surface area contributed by atoms with Crippen LogP contribution in [0.4, 0.5) is 4.79 Å². The number of likely N-dealkylation sites (tertiary alicyclic amines) is 1. The van der Waals surface area contributed by atoms with Crippen LogP contribution in [0.25, 0.3) is 0 Å². The van der Waals surface area contributed by atoms with E-state index in [1.807, 2.05) is 6.92 Å². The molecule has 0 spiro atoms. The Kier molecular flexibility index (Phi) is 6.83. The lowest BCUT2D eigenvalue weighted by atomic mass is 9.47. The van der Waals surface area contributed by atoms with Gasteiger partial charge in [0.1, 0.15) is 0 Å². The number of fused-ring (bicyclic) bond motifs is 5. The van der Waals surface area contributed by atoms with E-state index in [0.717, 1.165) is 43.4 Å². The number of carbonyl (C=O) groups excluding carboxylic acids is 1. The molecule has 5 rings (SSSR count). The van der Waals surface area contributed by atoms with Crippen LogP contribution in [0.1, 0.15) is 98.3 Å². The van der Waals surface area contributed by atoms with Crippen LogP contribution in [-0.4, -0.2) is 52.6 Å². The molecular formula is C30H49NO4. The van der Waals surface area contributed by atoms with Crippen LogP contribution < -0.4 is 0 Å². The van der Waals surface area contributed by atoms with Crippen molar-refractivity contribution in [2.24, 2.45) is 40.4 Å². The average molecular weight is 488 g/mol. The van der Waals surface area contributed by atoms with Crippen LogP contribution in [0, 0.1) is 40.4 Å². The second kappa shape index (κ2) is 9.35. The molecule has 4 aliphatic carbocycles. The van der Waals surface area contributed by atoms with Crippen LogP contribution in [0.3, 0.4) is 0 Å². The standard InChI is InChI=1S/C30H49NO4/c1-5-30(34)14-16-31(17-15-30)27(33)35-19-20(2)24-8-9-25-23-7-6-21-18-22(32)10-12-28(21,3)26(23)11-13-29(24,25)4/h6,20,22-26,32,34H,5,7-19H2,1-4H3/t20-,22+,23+,24-,25+,26+,28+,29-/m1/s1. The lowest BCUT2D eigenvalue weighted by Gasteiger charge is -2.58. The number of ether oxygens (including phenoxy) is 1. The molecule has 0 aromatic rings. The van der Waals surface area contributed by atoms with Gasteiger partial charge in [0.25, 0.3) is 0 Å². The molecule has 5 heteroatoms. The second-order valence-corrected chi connectivity index (χ2v) is 13.5. The molecule has 2 N–H and O–H groups in total. The normalized spacial score (nSPS) is 43.4. The average Bonchev–Trinajstić information content (AvgIpc) is 3.20. The fraction of sp³-hybridized carbons (Fsp3) is 0.900. The highest BCUT2D eigenvalue weighted by Crippen LogP contribution is 2.67. The summed E-state index contributed by atoms with van der Waals surface area (Å²) < 4.78 is 5.86. The van der Waals surface area contributed by atoms with E-state index in [0.29, 0.717) is 55.2 Å². The Morgan fingerprint density at radius 1 is 1.11 bits per heavy atom. The number of hydrogen-bond acceptors (Lipinski definition) is 4. The van der Waals surface area contributed by atoms with Gasteiger partial charge in [-0.25, -0.2) is 4.79 Å². The highest BCUT2D eigenvalue weighted by Gasteiger charge is 2.59. The molecule has 5 aliphatic rings. The topological polar surface area (TPSA) is 70.0 Å². The minimum Gasteiger partial charge on any atom is -0.449 e. The van der Waals surface area contributed by atoms with Crippen molar-refractivity contribution in [3.63, 3.8) is 0 Å². The molecule has 198 valence electrons. The zero-order valence-corrected chi connectivity index (χ0v) is 22.6. The number of piperidine rings is 1. The summed E-state index contributed by atoms with van der Waals surface area (Å²) in [4.78, 5) is 14.5. The third-order valence-corrected chi connectivity index (χ3v) is 11.9. The Bertz CT molecular complexity index is 832. The number of hydrogen-bond donors (Lipinski definition) is 2. The van der Waals surface area contributed by atoms with Gasteiger partial charge in [-0.2, -0.15) is 0 Å². The van der Waals surface area contributed by atoms with Crippen molar-refractivity contribution >= 4 is 6.09 Å². The largest absolute Gasteiger partial charge is 0.449 e. The Hall–Kier alpha value is -1.07. The lowest BCUT2D eigenvalue weighted by Crippen LogP contribution is -2.51. The molecule has 1 amide bonds. The maximum atomic E-state index is 12.8. The molecule has 1 aliphatic heterocycles. The quantitative estimate of drug-likeness (QED) is 0.482. The number of aliphatic hydroxyl groups is 2. The van der Waals surface area contributed by atoms with E-state index in [9.17, 15) is 15.0 Å². The molecule has 1 saturated heterocycles. The summed E-state index contributed by atoms with van der Waals surface area (Å²) in [5.74, 6) is 3.28. The number of aliphatic hydroxyl groups excluding tert-OH is 1. The summed E-state index contributed by atoms with van der Waals surface area (Å²) in [6, 6.07) is 0. The second-order valence-electron chi connectivity index (χ2n) is 13.5. The van der Waals surface area contributed by atoms with Gasteiger partial charge in [-0.05, 0) is 111 Å². The minimum atomic E-state index is -0.611. The first kappa shape index (κ1) is 25.6. The smallest absolute Gasteiger partial charge is 0.409 e. The minimum absolute atomic E-state index is 0.137. The van der Waals surface area contributed by atoms with E-state index in [1.165, 1.54) is 32.1 Å². The predicted molar refractivity (Wildman–Crippen MR) is 138 cm³/mol. The molecule has 0 radical (unpaired) electrons. The highest BCUT2D eigenvalue weighted by molar-refractivity contribution is 5.67. The van der Waals surface area contributed by atoms with Gasteiger partial charge in [0.05, 0.1) is 18.3 Å². The first-order valence-corrected chi connectivity index (χ1v) is 14.6. The van der Waals surface area contributed by atoms with E-state index >= 15 is 0 Å². The maximum absolute atomic E-state index is 12.8. The molecule has 0 unspecified atom stereocenters. The van der Waals surface area contributed by atoms with Crippen molar-refractivity contribution in [1.82, 2.24) is 4.90 Å². The van der Waals surface area contributed by atoms with Gasteiger partial charge in [0, 0.05) is 13.1 Å². The van der Waals surface area contributed by atoms with Gasteiger partial charge >= 0.3 is 6.09 Å². The predicted octanol–water partition coefficient (Wildman–Crippen LogP) is 5.94. The molecule has 8 atom stereocenters. The summed E-state index contributed by atoms with van der Waals surface area (Å²) in [5.41, 5.74) is 1.57. The van der Waals surface area contributed by atoms with Crippen molar-refractivity contribution in [3.05, 3.63) is 11.6 Å². The molecule has 1 heterocycles. The molecule has 0 aromatic carbocycles. The van der Waals surface area contributed by atoms with Gasteiger partial charge in [-0.3, -0.25) is 0 Å². The molecule has 3 saturated carbocycles. The Labute approximate surface area is 212 Å². The number of allylic oxidation sites excluding steroid dienone is 1. The third-order valence-electron chi connectivity index (χ3n) is 11.9. The molecular weight excluding hydrogens is 438 g/mol. The number of amides is 1. The van der Waals surface area contributed by atoms with Crippen molar-refractivity contribution in [2.45, 2.75) is 110 Å². The van der Waals surface area contributed by atoms with E-state index < -0.39 is 5.60 Å². The molecule has 5 nitrogen and oxygen atoms in total. The van der Waals surface area contributed by atoms with Gasteiger partial charge in [0.15, 0.2) is 0 Å². The number of rotatable bonds is 4. The lowest BCUT2D eigenvalue weighted by molar-refractivity contribution is -0.0618. The highest BCUT2D eigenvalue weighted by atomic mass is 16.6. The fourth-order valence-corrected chi connectivity index (χ4v) is 9.49. The van der Waals surface area contributed by atoms with E-state index in [1.54, 1.807) is 10.5 Å². The van der Waals surface area contributed by atoms with E-state index in [4.69, 9.17) is 4.74 Å². The first-order valence-electron chi connectivity index (χ1n) is 14.6. The maximum Gasteiger partial charge on any atom is 0.409 e. The number of carbonyl (C=O) groups is 1. The molecule has 0 aromatic heterocycles. The van der Waals surface area contributed by atoms with Gasteiger partial charge < -0.3 is 19.8 Å². The zero-order chi connectivity index (χ0) is 25.0. The van der Waals surface area contributed by atoms with Crippen LogP contribution in [0.2, 0.25) is 0 Å². The summed E-state index contributed by atoms with van der Waals surface area (Å²) in [5, 5.41) is 20.7. The molecule has 4 fully saturated rings. The SMILES string of the molecule is CCC1(O)CCN(C(=O)OC[C@@H](C)[C@H]2CC[C@H]3[C@@H]4CC=C5C[C@@H](O)CC[C@]5(C)[C@H]4CC[C@]23C)CC1. The summed E-state index contributed by atoms with van der Waals surface area (Å²) >= 11 is 0. The van der Waals surface area contributed by atoms with Gasteiger partial charge in [-0.1, -0.05) is 39.3 Å². The fourth-order valence-electron chi connectivity index (χ4n) is 9.49. The first-order chi connectivity index (χ1) is 16.6.